The Balaban J connectivity index is 1.72. The maximum atomic E-state index is 12.7. The molecule has 0 aliphatic heterocycles. The van der Waals surface area contributed by atoms with Crippen LogP contribution in [0.3, 0.4) is 0 Å². The van der Waals surface area contributed by atoms with E-state index >= 15 is 0 Å². The van der Waals surface area contributed by atoms with Crippen LogP contribution in [0.1, 0.15) is 43.0 Å². The molecule has 2 heterocycles. The molecule has 0 saturated heterocycles. The molecule has 30 heavy (non-hydrogen) atoms. The zero-order chi connectivity index (χ0) is 21.7. The number of benzene rings is 1. The van der Waals surface area contributed by atoms with Gasteiger partial charge in [-0.2, -0.15) is 0 Å². The second-order valence-electron chi connectivity index (χ2n) is 7.06. The zero-order valence-corrected chi connectivity index (χ0v) is 17.9. The van der Waals surface area contributed by atoms with E-state index in [1.54, 1.807) is 18.3 Å². The standard InChI is InChI=1S/C22H23N5O2S/c1-5-20(28)24-19-10-9-17(26-27-19)16-8-6-7-15(11-16)14(4)21(29)25-22-23-12-18(30-22)13(2)3/h5-14H,1H2,2-4H3,(H,23,25,29)(H,24,27,28)/t14-/m0/s1. The summed E-state index contributed by atoms with van der Waals surface area (Å²) >= 11 is 1.49. The second-order valence-corrected chi connectivity index (χ2v) is 8.12. The number of rotatable bonds is 7. The van der Waals surface area contributed by atoms with Gasteiger partial charge in [0.2, 0.25) is 11.8 Å². The van der Waals surface area contributed by atoms with E-state index in [1.165, 1.54) is 17.4 Å². The minimum absolute atomic E-state index is 0.120. The number of amides is 2. The molecule has 7 nitrogen and oxygen atoms in total. The molecular weight excluding hydrogens is 398 g/mol. The molecule has 3 rings (SSSR count). The molecule has 0 fully saturated rings. The normalized spacial score (nSPS) is 11.7. The number of carbonyl (C=O) groups is 2. The number of nitrogens with one attached hydrogen (secondary N) is 2. The molecule has 0 unspecified atom stereocenters. The van der Waals surface area contributed by atoms with Crippen molar-refractivity contribution in [2.24, 2.45) is 0 Å². The molecule has 0 radical (unpaired) electrons. The van der Waals surface area contributed by atoms with Crippen molar-refractivity contribution in [3.63, 3.8) is 0 Å². The fraction of sp³-hybridized carbons (Fsp3) is 0.227. The number of carbonyl (C=O) groups excluding carboxylic acids is 2. The molecule has 1 atom stereocenters. The third-order valence-electron chi connectivity index (χ3n) is 4.50. The number of aromatic nitrogens is 3. The predicted molar refractivity (Wildman–Crippen MR) is 120 cm³/mol. The molecule has 1 aromatic carbocycles. The Bertz CT molecular complexity index is 1060. The smallest absolute Gasteiger partial charge is 0.248 e. The molecule has 2 amide bonds. The second kappa shape index (κ2) is 9.41. The van der Waals surface area contributed by atoms with E-state index in [4.69, 9.17) is 0 Å². The number of hydrogen-bond acceptors (Lipinski definition) is 6. The average Bonchev–Trinajstić information content (AvgIpc) is 3.22. The van der Waals surface area contributed by atoms with Crippen LogP contribution in [0.4, 0.5) is 10.9 Å². The highest BCUT2D eigenvalue weighted by molar-refractivity contribution is 7.15. The van der Waals surface area contributed by atoms with Crippen molar-refractivity contribution >= 4 is 34.1 Å². The molecule has 0 spiro atoms. The Labute approximate surface area is 179 Å². The van der Waals surface area contributed by atoms with Gasteiger partial charge < -0.3 is 10.6 Å². The van der Waals surface area contributed by atoms with Gasteiger partial charge in [-0.25, -0.2) is 4.98 Å². The Morgan fingerprint density at radius 2 is 1.90 bits per heavy atom. The lowest BCUT2D eigenvalue weighted by Crippen LogP contribution is -2.18. The van der Waals surface area contributed by atoms with E-state index in [9.17, 15) is 9.59 Å². The molecule has 0 saturated carbocycles. The maximum absolute atomic E-state index is 12.7. The summed E-state index contributed by atoms with van der Waals surface area (Å²) in [7, 11) is 0. The summed E-state index contributed by atoms with van der Waals surface area (Å²) in [5.74, 6) is -0.114. The first kappa shape index (κ1) is 21.3. The molecular formula is C22H23N5O2S. The first-order valence-electron chi connectivity index (χ1n) is 9.51. The fourth-order valence-corrected chi connectivity index (χ4v) is 3.50. The maximum Gasteiger partial charge on any atom is 0.248 e. The minimum Gasteiger partial charge on any atom is -0.306 e. The highest BCUT2D eigenvalue weighted by atomic mass is 32.1. The first-order valence-corrected chi connectivity index (χ1v) is 10.3. The lowest BCUT2D eigenvalue weighted by atomic mass is 9.97. The van der Waals surface area contributed by atoms with Gasteiger partial charge in [0.05, 0.1) is 11.6 Å². The van der Waals surface area contributed by atoms with Crippen molar-refractivity contribution in [3.8, 4) is 11.3 Å². The molecule has 2 N–H and O–H groups in total. The number of thiazole rings is 1. The highest BCUT2D eigenvalue weighted by Gasteiger charge is 2.18. The number of anilines is 2. The van der Waals surface area contributed by atoms with Gasteiger partial charge in [-0.15, -0.1) is 21.5 Å². The van der Waals surface area contributed by atoms with Gasteiger partial charge in [0.1, 0.15) is 0 Å². The van der Waals surface area contributed by atoms with E-state index < -0.39 is 0 Å². The molecule has 0 aliphatic rings. The van der Waals surface area contributed by atoms with Crippen molar-refractivity contribution in [1.29, 1.82) is 0 Å². The van der Waals surface area contributed by atoms with Crippen LogP contribution in [0, 0.1) is 0 Å². The van der Waals surface area contributed by atoms with Crippen LogP contribution < -0.4 is 10.6 Å². The van der Waals surface area contributed by atoms with Gasteiger partial charge in [-0.05, 0) is 42.7 Å². The lowest BCUT2D eigenvalue weighted by Gasteiger charge is -2.12. The van der Waals surface area contributed by atoms with Crippen LogP contribution in [0.15, 0.2) is 55.3 Å². The minimum atomic E-state index is -0.365. The fourth-order valence-electron chi connectivity index (χ4n) is 2.67. The SMILES string of the molecule is C=CC(=O)Nc1ccc(-c2cccc([C@H](C)C(=O)Nc3ncc(C(C)C)s3)c2)nn1. The van der Waals surface area contributed by atoms with Crippen LogP contribution in [-0.2, 0) is 9.59 Å². The summed E-state index contributed by atoms with van der Waals surface area (Å²) < 4.78 is 0. The predicted octanol–water partition coefficient (Wildman–Crippen LogP) is 4.59. The Morgan fingerprint density at radius 1 is 1.10 bits per heavy atom. The lowest BCUT2D eigenvalue weighted by molar-refractivity contribution is -0.117. The third kappa shape index (κ3) is 5.15. The first-order chi connectivity index (χ1) is 14.4. The van der Waals surface area contributed by atoms with Gasteiger partial charge in [0.15, 0.2) is 10.9 Å². The summed E-state index contributed by atoms with van der Waals surface area (Å²) in [6, 6.07) is 11.0. The van der Waals surface area contributed by atoms with Crippen LogP contribution in [0.25, 0.3) is 11.3 Å². The quantitative estimate of drug-likeness (QED) is 0.544. The van der Waals surface area contributed by atoms with Crippen molar-refractivity contribution in [2.75, 3.05) is 10.6 Å². The van der Waals surface area contributed by atoms with Crippen molar-refractivity contribution < 1.29 is 9.59 Å². The van der Waals surface area contributed by atoms with Gasteiger partial charge in [-0.3, -0.25) is 9.59 Å². The summed E-state index contributed by atoms with van der Waals surface area (Å²) in [5.41, 5.74) is 2.33. The van der Waals surface area contributed by atoms with Gasteiger partial charge in [0.25, 0.3) is 0 Å². The van der Waals surface area contributed by atoms with Crippen LogP contribution >= 0.6 is 11.3 Å². The summed E-state index contributed by atoms with van der Waals surface area (Å²) in [6.45, 7) is 9.44. The zero-order valence-electron chi connectivity index (χ0n) is 17.0. The summed E-state index contributed by atoms with van der Waals surface area (Å²) in [4.78, 5) is 29.5. The molecule has 3 aromatic rings. The van der Waals surface area contributed by atoms with Crippen molar-refractivity contribution in [3.05, 3.63) is 65.7 Å². The summed E-state index contributed by atoms with van der Waals surface area (Å²) in [6.07, 6.45) is 2.97. The molecule has 154 valence electrons. The third-order valence-corrected chi connectivity index (χ3v) is 5.71. The Kier molecular flexibility index (Phi) is 6.68. The Morgan fingerprint density at radius 3 is 2.53 bits per heavy atom. The monoisotopic (exact) mass is 421 g/mol. The highest BCUT2D eigenvalue weighted by Crippen LogP contribution is 2.27. The Hall–Kier alpha value is -3.39. The molecule has 0 aliphatic carbocycles. The van der Waals surface area contributed by atoms with Crippen LogP contribution in [0.5, 0.6) is 0 Å². The summed E-state index contributed by atoms with van der Waals surface area (Å²) in [5, 5.41) is 14.2. The average molecular weight is 422 g/mol. The van der Waals surface area contributed by atoms with E-state index in [1.807, 2.05) is 31.2 Å². The van der Waals surface area contributed by atoms with Gasteiger partial charge in [-0.1, -0.05) is 38.6 Å². The van der Waals surface area contributed by atoms with E-state index in [0.29, 0.717) is 22.6 Å². The van der Waals surface area contributed by atoms with Crippen LogP contribution in [-0.4, -0.2) is 27.0 Å². The van der Waals surface area contributed by atoms with Crippen molar-refractivity contribution in [2.45, 2.75) is 32.6 Å². The topological polar surface area (TPSA) is 96.9 Å². The van der Waals surface area contributed by atoms with E-state index in [2.05, 4.69) is 46.2 Å². The van der Waals surface area contributed by atoms with E-state index in [-0.39, 0.29) is 17.7 Å². The number of nitrogens with zero attached hydrogens (tertiary/aromatic N) is 3. The van der Waals surface area contributed by atoms with Crippen molar-refractivity contribution in [1.82, 2.24) is 15.2 Å². The van der Waals surface area contributed by atoms with E-state index in [0.717, 1.165) is 16.0 Å². The largest absolute Gasteiger partial charge is 0.306 e. The van der Waals surface area contributed by atoms with Gasteiger partial charge in [0, 0.05) is 16.6 Å². The molecule has 2 aromatic heterocycles. The molecule has 0 bridgehead atoms. The number of hydrogen-bond donors (Lipinski definition) is 2. The van der Waals surface area contributed by atoms with Crippen LogP contribution in [0.2, 0.25) is 0 Å². The molecule has 8 heteroatoms. The van der Waals surface area contributed by atoms with Gasteiger partial charge >= 0.3 is 0 Å².